The van der Waals surface area contributed by atoms with Crippen LogP contribution in [0, 0.1) is 0 Å². The number of benzene rings is 2. The van der Waals surface area contributed by atoms with Crippen LogP contribution in [0.5, 0.6) is 0 Å². The topological polar surface area (TPSA) is 80.3 Å². The van der Waals surface area contributed by atoms with Gasteiger partial charge in [0.25, 0.3) is 5.91 Å². The lowest BCUT2D eigenvalue weighted by atomic mass is 10.0. The molecule has 0 saturated heterocycles. The van der Waals surface area contributed by atoms with E-state index in [4.69, 9.17) is 4.74 Å². The van der Waals surface area contributed by atoms with Crippen LogP contribution in [0.25, 0.3) is 0 Å². The van der Waals surface area contributed by atoms with E-state index < -0.39 is 5.97 Å². The predicted molar refractivity (Wildman–Crippen MR) is 114 cm³/mol. The van der Waals surface area contributed by atoms with Crippen molar-refractivity contribution in [2.24, 2.45) is 0 Å². The Morgan fingerprint density at radius 2 is 1.69 bits per heavy atom. The SMILES string of the molecule is COC(=O)c1cccc(NC(=O)c2cc(Nc3ccc(C(C)C)cc3)ccn2)c1. The van der Waals surface area contributed by atoms with Gasteiger partial charge in [-0.15, -0.1) is 0 Å². The number of carbonyl (C=O) groups is 2. The fraction of sp³-hybridized carbons (Fsp3) is 0.174. The zero-order chi connectivity index (χ0) is 20.8. The Labute approximate surface area is 169 Å². The van der Waals surface area contributed by atoms with Crippen LogP contribution < -0.4 is 10.6 Å². The van der Waals surface area contributed by atoms with Gasteiger partial charge in [0.2, 0.25) is 0 Å². The Morgan fingerprint density at radius 3 is 2.38 bits per heavy atom. The number of esters is 1. The quantitative estimate of drug-likeness (QED) is 0.581. The molecule has 1 heterocycles. The van der Waals surface area contributed by atoms with Gasteiger partial charge >= 0.3 is 5.97 Å². The minimum atomic E-state index is -0.464. The van der Waals surface area contributed by atoms with E-state index in [9.17, 15) is 9.59 Å². The number of rotatable bonds is 6. The number of methoxy groups -OCH3 is 1. The maximum absolute atomic E-state index is 12.6. The lowest BCUT2D eigenvalue weighted by molar-refractivity contribution is 0.0600. The second kappa shape index (κ2) is 9.01. The molecule has 0 aliphatic rings. The standard InChI is InChI=1S/C23H23N3O3/c1-15(2)16-7-9-18(10-8-16)25-20-11-12-24-21(14-20)22(27)26-19-6-4-5-17(13-19)23(28)29-3/h4-15H,1-3H3,(H,24,25)(H,26,27). The number of aromatic nitrogens is 1. The smallest absolute Gasteiger partial charge is 0.337 e. The fourth-order valence-corrected chi connectivity index (χ4v) is 2.79. The van der Waals surface area contributed by atoms with Gasteiger partial charge < -0.3 is 15.4 Å². The van der Waals surface area contributed by atoms with E-state index in [-0.39, 0.29) is 11.6 Å². The first-order valence-corrected chi connectivity index (χ1v) is 9.29. The molecule has 0 aliphatic heterocycles. The van der Waals surface area contributed by atoms with Gasteiger partial charge in [0, 0.05) is 23.3 Å². The molecule has 3 rings (SSSR count). The van der Waals surface area contributed by atoms with Crippen molar-refractivity contribution in [2.75, 3.05) is 17.7 Å². The van der Waals surface area contributed by atoms with Gasteiger partial charge in [-0.2, -0.15) is 0 Å². The minimum Gasteiger partial charge on any atom is -0.465 e. The zero-order valence-corrected chi connectivity index (χ0v) is 16.6. The van der Waals surface area contributed by atoms with Crippen molar-refractivity contribution in [2.45, 2.75) is 19.8 Å². The van der Waals surface area contributed by atoms with Crippen LogP contribution in [0.4, 0.5) is 17.1 Å². The molecule has 3 aromatic rings. The van der Waals surface area contributed by atoms with Gasteiger partial charge in [0.15, 0.2) is 0 Å². The lowest BCUT2D eigenvalue weighted by Gasteiger charge is -2.10. The lowest BCUT2D eigenvalue weighted by Crippen LogP contribution is -2.14. The molecular formula is C23H23N3O3. The molecule has 0 saturated carbocycles. The van der Waals surface area contributed by atoms with Gasteiger partial charge in [-0.3, -0.25) is 9.78 Å². The van der Waals surface area contributed by atoms with Gasteiger partial charge in [-0.05, 0) is 53.9 Å². The number of carbonyl (C=O) groups excluding carboxylic acids is 2. The average molecular weight is 389 g/mol. The Bertz CT molecular complexity index is 1010. The Balaban J connectivity index is 1.72. The summed E-state index contributed by atoms with van der Waals surface area (Å²) >= 11 is 0. The average Bonchev–Trinajstić information content (AvgIpc) is 2.74. The molecule has 0 unspecified atom stereocenters. The zero-order valence-electron chi connectivity index (χ0n) is 16.6. The minimum absolute atomic E-state index is 0.261. The highest BCUT2D eigenvalue weighted by Gasteiger charge is 2.11. The fourth-order valence-electron chi connectivity index (χ4n) is 2.79. The van der Waals surface area contributed by atoms with Gasteiger partial charge in [-0.1, -0.05) is 32.0 Å². The maximum atomic E-state index is 12.6. The number of amides is 1. The van der Waals surface area contributed by atoms with Crippen molar-refractivity contribution in [3.63, 3.8) is 0 Å². The first-order valence-electron chi connectivity index (χ1n) is 9.29. The molecule has 148 valence electrons. The summed E-state index contributed by atoms with van der Waals surface area (Å²) in [5.41, 5.74) is 4.06. The van der Waals surface area contributed by atoms with Crippen LogP contribution >= 0.6 is 0 Å². The number of nitrogens with one attached hydrogen (secondary N) is 2. The monoisotopic (exact) mass is 389 g/mol. The van der Waals surface area contributed by atoms with Crippen LogP contribution in [-0.2, 0) is 4.74 Å². The van der Waals surface area contributed by atoms with Crippen LogP contribution in [0.1, 0.15) is 46.2 Å². The summed E-state index contributed by atoms with van der Waals surface area (Å²) in [6, 6.07) is 18.2. The summed E-state index contributed by atoms with van der Waals surface area (Å²) in [4.78, 5) is 28.4. The summed E-state index contributed by atoms with van der Waals surface area (Å²) in [5, 5.41) is 6.03. The summed E-state index contributed by atoms with van der Waals surface area (Å²) in [6.07, 6.45) is 1.57. The number of hydrogen-bond donors (Lipinski definition) is 2. The summed E-state index contributed by atoms with van der Waals surface area (Å²) in [6.45, 7) is 4.30. The second-order valence-electron chi connectivity index (χ2n) is 6.86. The molecule has 0 aliphatic carbocycles. The van der Waals surface area contributed by atoms with E-state index in [0.29, 0.717) is 17.2 Å². The molecule has 0 radical (unpaired) electrons. The third kappa shape index (κ3) is 5.19. The molecule has 6 heteroatoms. The Kier molecular flexibility index (Phi) is 6.24. The van der Waals surface area contributed by atoms with E-state index in [0.717, 1.165) is 11.4 Å². The molecule has 0 bridgehead atoms. The van der Waals surface area contributed by atoms with Crippen molar-refractivity contribution >= 4 is 28.9 Å². The maximum Gasteiger partial charge on any atom is 0.337 e. The van der Waals surface area contributed by atoms with Crippen molar-refractivity contribution in [1.29, 1.82) is 0 Å². The number of nitrogens with zero attached hydrogens (tertiary/aromatic N) is 1. The van der Waals surface area contributed by atoms with E-state index in [1.54, 1.807) is 42.6 Å². The normalized spacial score (nSPS) is 10.5. The third-order valence-corrected chi connectivity index (χ3v) is 4.40. The van der Waals surface area contributed by atoms with Crippen LogP contribution in [0.15, 0.2) is 66.9 Å². The van der Waals surface area contributed by atoms with Gasteiger partial charge in [0.1, 0.15) is 5.69 Å². The van der Waals surface area contributed by atoms with Crippen molar-refractivity contribution in [3.05, 3.63) is 83.7 Å². The summed E-state index contributed by atoms with van der Waals surface area (Å²) in [7, 11) is 1.31. The molecular weight excluding hydrogens is 366 g/mol. The number of anilines is 3. The third-order valence-electron chi connectivity index (χ3n) is 4.40. The number of hydrogen-bond acceptors (Lipinski definition) is 5. The molecule has 1 aromatic heterocycles. The first kappa shape index (κ1) is 20.1. The van der Waals surface area contributed by atoms with Crippen LogP contribution in [0.3, 0.4) is 0 Å². The molecule has 2 aromatic carbocycles. The molecule has 0 fully saturated rings. The van der Waals surface area contributed by atoms with Gasteiger partial charge in [0.05, 0.1) is 12.7 Å². The molecule has 0 spiro atoms. The predicted octanol–water partition coefficient (Wildman–Crippen LogP) is 4.99. The Morgan fingerprint density at radius 1 is 0.931 bits per heavy atom. The molecule has 0 atom stereocenters. The van der Waals surface area contributed by atoms with Crippen LogP contribution in [-0.4, -0.2) is 24.0 Å². The highest BCUT2D eigenvalue weighted by molar-refractivity contribution is 6.04. The summed E-state index contributed by atoms with van der Waals surface area (Å²) < 4.78 is 4.70. The number of ether oxygens (including phenoxy) is 1. The van der Waals surface area contributed by atoms with Gasteiger partial charge in [-0.25, -0.2) is 4.79 Å². The molecule has 1 amide bonds. The van der Waals surface area contributed by atoms with E-state index >= 15 is 0 Å². The van der Waals surface area contributed by atoms with Crippen molar-refractivity contribution in [1.82, 2.24) is 4.98 Å². The first-order chi connectivity index (χ1) is 14.0. The number of pyridine rings is 1. The molecule has 29 heavy (non-hydrogen) atoms. The van der Waals surface area contributed by atoms with Crippen molar-refractivity contribution in [3.8, 4) is 0 Å². The second-order valence-corrected chi connectivity index (χ2v) is 6.86. The highest BCUT2D eigenvalue weighted by Crippen LogP contribution is 2.21. The van der Waals surface area contributed by atoms with E-state index in [2.05, 4.69) is 41.6 Å². The summed E-state index contributed by atoms with van der Waals surface area (Å²) in [5.74, 6) is -0.363. The molecule has 2 N–H and O–H groups in total. The Hall–Kier alpha value is -3.67. The largest absolute Gasteiger partial charge is 0.465 e. The van der Waals surface area contributed by atoms with Crippen LogP contribution in [0.2, 0.25) is 0 Å². The molecule has 6 nitrogen and oxygen atoms in total. The van der Waals surface area contributed by atoms with E-state index in [1.807, 2.05) is 12.1 Å². The van der Waals surface area contributed by atoms with Crippen molar-refractivity contribution < 1.29 is 14.3 Å². The highest BCUT2D eigenvalue weighted by atomic mass is 16.5. The van der Waals surface area contributed by atoms with E-state index in [1.165, 1.54) is 12.7 Å².